The Morgan fingerprint density at radius 1 is 1.58 bits per heavy atom. The highest BCUT2D eigenvalue weighted by molar-refractivity contribution is 7.07. The predicted octanol–water partition coefficient (Wildman–Crippen LogP) is -0.448. The van der Waals surface area contributed by atoms with E-state index in [4.69, 9.17) is 11.2 Å². The lowest BCUT2D eigenvalue weighted by molar-refractivity contribution is -0.143. The van der Waals surface area contributed by atoms with Crippen LogP contribution in [0.1, 0.15) is 19.0 Å². The highest BCUT2D eigenvalue weighted by Gasteiger charge is 2.65. The van der Waals surface area contributed by atoms with Gasteiger partial charge in [0, 0.05) is 11.8 Å². The lowest BCUT2D eigenvalue weighted by atomic mass is 10.0. The molecule has 3 atom stereocenters. The smallest absolute Gasteiger partial charge is 0.339 e. The molecule has 24 heavy (non-hydrogen) atoms. The minimum Gasteiger partial charge on any atom is -0.479 e. The molecule has 2 rings (SSSR count). The zero-order valence-corrected chi connectivity index (χ0v) is 13.8. The van der Waals surface area contributed by atoms with E-state index in [-0.39, 0.29) is 19.4 Å². The Bertz CT molecular complexity index is 669. The van der Waals surface area contributed by atoms with Gasteiger partial charge in [-0.1, -0.05) is 12.8 Å². The van der Waals surface area contributed by atoms with E-state index >= 15 is 0 Å². The standard InChI is InChI=1S/C15H17N3O5S/c1-3-5-16-12(19)10(6-9-7-24-8-17-9)18-13(20)11-15(4-2,23-11)14(21)22/h1,7-8,10-11H,4-6H2,2H3,(H,16,19)(H,18,20)(H,21,22)/t10-,11+,15-/m0/s1. The Hall–Kier alpha value is -2.44. The summed E-state index contributed by atoms with van der Waals surface area (Å²) in [6, 6.07) is -0.916. The van der Waals surface area contributed by atoms with Crippen LogP contribution in [0.4, 0.5) is 0 Å². The maximum Gasteiger partial charge on any atom is 0.339 e. The van der Waals surface area contributed by atoms with E-state index in [2.05, 4.69) is 21.5 Å². The topological polar surface area (TPSA) is 121 Å². The van der Waals surface area contributed by atoms with Crippen molar-refractivity contribution in [2.75, 3.05) is 6.54 Å². The van der Waals surface area contributed by atoms with Gasteiger partial charge >= 0.3 is 5.97 Å². The first-order chi connectivity index (χ1) is 11.4. The molecule has 2 heterocycles. The molecule has 0 saturated carbocycles. The number of carbonyl (C=O) groups excluding carboxylic acids is 2. The minimum absolute atomic E-state index is 0.0240. The Kier molecular flexibility index (Phi) is 5.54. The van der Waals surface area contributed by atoms with Gasteiger partial charge in [0.25, 0.3) is 5.91 Å². The third kappa shape index (κ3) is 3.72. The molecular weight excluding hydrogens is 334 g/mol. The fraction of sp³-hybridized carbons (Fsp3) is 0.467. The Labute approximate surface area is 142 Å². The first kappa shape index (κ1) is 17.9. The van der Waals surface area contributed by atoms with Crippen LogP contribution in [-0.2, 0) is 25.5 Å². The SMILES string of the molecule is C#CCNC(=O)[C@H](Cc1cscn1)NC(=O)[C@H]1O[C@]1(CC)C(=O)O. The summed E-state index contributed by atoms with van der Waals surface area (Å²) in [6.07, 6.45) is 4.32. The van der Waals surface area contributed by atoms with Crippen LogP contribution in [0.2, 0.25) is 0 Å². The van der Waals surface area contributed by atoms with E-state index in [0.29, 0.717) is 5.69 Å². The van der Waals surface area contributed by atoms with Crippen molar-refractivity contribution in [3.05, 3.63) is 16.6 Å². The monoisotopic (exact) mass is 351 g/mol. The van der Waals surface area contributed by atoms with Crippen LogP contribution in [0, 0.1) is 12.3 Å². The van der Waals surface area contributed by atoms with E-state index in [1.54, 1.807) is 17.8 Å². The zero-order valence-electron chi connectivity index (χ0n) is 12.9. The normalized spacial score (nSPS) is 22.9. The summed E-state index contributed by atoms with van der Waals surface area (Å²) in [7, 11) is 0. The highest BCUT2D eigenvalue weighted by atomic mass is 32.1. The van der Waals surface area contributed by atoms with Gasteiger partial charge in [-0.2, -0.15) is 0 Å². The van der Waals surface area contributed by atoms with E-state index in [0.717, 1.165) is 0 Å². The van der Waals surface area contributed by atoms with Crippen LogP contribution in [-0.4, -0.2) is 52.2 Å². The largest absolute Gasteiger partial charge is 0.479 e. The summed E-state index contributed by atoms with van der Waals surface area (Å²) < 4.78 is 5.08. The van der Waals surface area contributed by atoms with E-state index < -0.39 is 35.5 Å². The van der Waals surface area contributed by atoms with Gasteiger partial charge in [-0.3, -0.25) is 9.59 Å². The summed E-state index contributed by atoms with van der Waals surface area (Å²) in [4.78, 5) is 39.7. The maximum atomic E-state index is 12.3. The summed E-state index contributed by atoms with van der Waals surface area (Å²) in [5.41, 5.74) is 0.743. The number of epoxide rings is 1. The van der Waals surface area contributed by atoms with Gasteiger partial charge in [0.15, 0.2) is 6.10 Å². The van der Waals surface area contributed by atoms with Gasteiger partial charge in [-0.15, -0.1) is 17.8 Å². The van der Waals surface area contributed by atoms with Crippen LogP contribution in [0.25, 0.3) is 0 Å². The summed E-state index contributed by atoms with van der Waals surface area (Å²) >= 11 is 1.37. The summed E-state index contributed by atoms with van der Waals surface area (Å²) in [5, 5.41) is 16.0. The molecule has 0 radical (unpaired) electrons. The molecule has 9 heteroatoms. The third-order valence-corrected chi connectivity index (χ3v) is 4.35. The number of terminal acetylenes is 1. The molecule has 8 nitrogen and oxygen atoms in total. The van der Waals surface area contributed by atoms with Crippen molar-refractivity contribution < 1.29 is 24.2 Å². The van der Waals surface area contributed by atoms with Crippen LogP contribution in [0.5, 0.6) is 0 Å². The number of carbonyl (C=O) groups is 3. The number of carboxylic acids is 1. The zero-order chi connectivity index (χ0) is 17.7. The Balaban J connectivity index is 2.05. The molecule has 128 valence electrons. The number of thiazole rings is 1. The van der Waals surface area contributed by atoms with Crippen molar-refractivity contribution in [2.45, 2.75) is 37.5 Å². The van der Waals surface area contributed by atoms with Gasteiger partial charge in [-0.25, -0.2) is 9.78 Å². The molecule has 0 bridgehead atoms. The third-order valence-electron chi connectivity index (χ3n) is 3.71. The molecule has 1 aromatic heterocycles. The lowest BCUT2D eigenvalue weighted by Gasteiger charge is -2.17. The highest BCUT2D eigenvalue weighted by Crippen LogP contribution is 2.40. The van der Waals surface area contributed by atoms with Gasteiger partial charge in [0.1, 0.15) is 6.04 Å². The van der Waals surface area contributed by atoms with Gasteiger partial charge in [-0.05, 0) is 6.42 Å². The lowest BCUT2D eigenvalue weighted by Crippen LogP contribution is -2.50. The molecule has 0 unspecified atom stereocenters. The minimum atomic E-state index is -1.51. The number of aromatic nitrogens is 1. The number of hydrogen-bond acceptors (Lipinski definition) is 6. The summed E-state index contributed by atoms with van der Waals surface area (Å²) in [6.45, 7) is 1.64. The number of aliphatic carboxylic acids is 1. The molecule has 0 aromatic carbocycles. The molecule has 1 aromatic rings. The molecule has 2 amide bonds. The van der Waals surface area contributed by atoms with Crippen molar-refractivity contribution in [3.8, 4) is 12.3 Å². The van der Waals surface area contributed by atoms with E-state index in [1.807, 2.05) is 0 Å². The molecule has 1 fully saturated rings. The molecule has 1 aliphatic heterocycles. The number of nitrogens with one attached hydrogen (secondary N) is 2. The van der Waals surface area contributed by atoms with Crippen molar-refractivity contribution in [1.29, 1.82) is 0 Å². The molecule has 3 N–H and O–H groups in total. The molecule has 0 aliphatic carbocycles. The van der Waals surface area contributed by atoms with Gasteiger partial charge in [0.05, 0.1) is 17.7 Å². The number of rotatable bonds is 8. The van der Waals surface area contributed by atoms with E-state index in [1.165, 1.54) is 11.3 Å². The number of nitrogens with zero attached hydrogens (tertiary/aromatic N) is 1. The summed E-state index contributed by atoms with van der Waals surface area (Å²) in [5.74, 6) is -0.0276. The van der Waals surface area contributed by atoms with Gasteiger partial charge < -0.3 is 20.5 Å². The number of carboxylic acid groups (broad SMARTS) is 1. The van der Waals surface area contributed by atoms with Crippen LogP contribution in [0.3, 0.4) is 0 Å². The fourth-order valence-electron chi connectivity index (χ4n) is 2.29. The second-order valence-corrected chi connectivity index (χ2v) is 5.93. The number of ether oxygens (including phenoxy) is 1. The second kappa shape index (κ2) is 7.42. The fourth-order valence-corrected chi connectivity index (χ4v) is 2.86. The van der Waals surface area contributed by atoms with Crippen molar-refractivity contribution in [2.24, 2.45) is 0 Å². The quantitative estimate of drug-likeness (QED) is 0.431. The van der Waals surface area contributed by atoms with Crippen molar-refractivity contribution in [1.82, 2.24) is 15.6 Å². The number of amides is 2. The predicted molar refractivity (Wildman–Crippen MR) is 85.1 cm³/mol. The molecular formula is C15H17N3O5S. The van der Waals surface area contributed by atoms with Crippen molar-refractivity contribution in [3.63, 3.8) is 0 Å². The second-order valence-electron chi connectivity index (χ2n) is 5.21. The van der Waals surface area contributed by atoms with E-state index in [9.17, 15) is 19.5 Å². The number of hydrogen-bond donors (Lipinski definition) is 3. The average molecular weight is 351 g/mol. The molecule has 1 aliphatic rings. The Morgan fingerprint density at radius 2 is 2.33 bits per heavy atom. The van der Waals surface area contributed by atoms with Crippen molar-refractivity contribution >= 4 is 29.1 Å². The first-order valence-corrected chi connectivity index (χ1v) is 8.18. The van der Waals surface area contributed by atoms with Crippen LogP contribution < -0.4 is 10.6 Å². The maximum absolute atomic E-state index is 12.3. The molecule has 1 saturated heterocycles. The van der Waals surface area contributed by atoms with Gasteiger partial charge in [0.2, 0.25) is 11.5 Å². The Morgan fingerprint density at radius 3 is 2.83 bits per heavy atom. The van der Waals surface area contributed by atoms with Crippen LogP contribution >= 0.6 is 11.3 Å². The first-order valence-electron chi connectivity index (χ1n) is 7.24. The molecule has 0 spiro atoms. The van der Waals surface area contributed by atoms with Crippen LogP contribution in [0.15, 0.2) is 10.9 Å². The average Bonchev–Trinajstić information content (AvgIpc) is 3.12.